The molecule has 2 aromatic rings. The van der Waals surface area contributed by atoms with Crippen LogP contribution in [0.3, 0.4) is 0 Å². The molecule has 0 saturated heterocycles. The molecule has 126 valence electrons. The van der Waals surface area contributed by atoms with Crippen molar-refractivity contribution in [3.63, 3.8) is 0 Å². The first-order valence-corrected chi connectivity index (χ1v) is 8.03. The average Bonchev–Trinajstić information content (AvgIpc) is 2.51. The van der Waals surface area contributed by atoms with Crippen molar-refractivity contribution in [3.05, 3.63) is 50.4 Å². The molecular formula is C15H11BrCl2N2O4. The minimum absolute atomic E-state index is 0.274. The molecule has 0 fully saturated rings. The van der Waals surface area contributed by atoms with Crippen LogP contribution in [0.2, 0.25) is 10.0 Å². The number of rotatable bonds is 5. The number of amides is 1. The van der Waals surface area contributed by atoms with Gasteiger partial charge in [-0.25, -0.2) is 5.43 Å². The Morgan fingerprint density at radius 2 is 2.04 bits per heavy atom. The van der Waals surface area contributed by atoms with Gasteiger partial charge >= 0.3 is 0 Å². The quantitative estimate of drug-likeness (QED) is 0.381. The zero-order chi connectivity index (χ0) is 17.7. The van der Waals surface area contributed by atoms with Crippen molar-refractivity contribution < 1.29 is 19.7 Å². The number of hydrogen-bond acceptors (Lipinski definition) is 5. The van der Waals surface area contributed by atoms with Crippen LogP contribution in [0.4, 0.5) is 0 Å². The van der Waals surface area contributed by atoms with Crippen LogP contribution >= 0.6 is 39.1 Å². The Bertz CT molecular complexity index is 776. The summed E-state index contributed by atoms with van der Waals surface area (Å²) in [5.41, 5.74) is 2.73. The molecule has 3 N–H and O–H groups in total. The fraction of sp³-hybridized carbons (Fsp3) is 0.0667. The monoisotopic (exact) mass is 432 g/mol. The second-order valence-corrected chi connectivity index (χ2v) is 6.23. The molecule has 9 heteroatoms. The SMILES string of the molecule is O=C(COc1ccc(Cl)cc1Cl)NN=Cc1cc(O)c(O)c(Br)c1. The summed E-state index contributed by atoms with van der Waals surface area (Å²) in [6.45, 7) is -0.288. The molecule has 0 saturated carbocycles. The van der Waals surface area contributed by atoms with Crippen LogP contribution < -0.4 is 10.2 Å². The van der Waals surface area contributed by atoms with Crippen LogP contribution in [0, 0.1) is 0 Å². The normalized spacial score (nSPS) is 10.8. The van der Waals surface area contributed by atoms with E-state index in [9.17, 15) is 15.0 Å². The van der Waals surface area contributed by atoms with E-state index in [1.807, 2.05) is 0 Å². The fourth-order valence-corrected chi connectivity index (χ4v) is 2.56. The lowest BCUT2D eigenvalue weighted by Crippen LogP contribution is -2.24. The molecule has 0 unspecified atom stereocenters. The molecular weight excluding hydrogens is 423 g/mol. The van der Waals surface area contributed by atoms with Gasteiger partial charge in [-0.15, -0.1) is 0 Å². The molecule has 0 atom stereocenters. The summed E-state index contributed by atoms with van der Waals surface area (Å²) in [7, 11) is 0. The highest BCUT2D eigenvalue weighted by atomic mass is 79.9. The van der Waals surface area contributed by atoms with E-state index in [4.69, 9.17) is 27.9 Å². The molecule has 6 nitrogen and oxygen atoms in total. The summed E-state index contributed by atoms with van der Waals surface area (Å²) in [6.07, 6.45) is 1.30. The molecule has 0 bridgehead atoms. The first-order valence-electron chi connectivity index (χ1n) is 6.48. The predicted octanol–water partition coefficient (Wildman–Crippen LogP) is 3.70. The van der Waals surface area contributed by atoms with Crippen molar-refractivity contribution in [2.45, 2.75) is 0 Å². The predicted molar refractivity (Wildman–Crippen MR) is 95.2 cm³/mol. The van der Waals surface area contributed by atoms with Crippen LogP contribution in [0.15, 0.2) is 39.9 Å². The van der Waals surface area contributed by atoms with Crippen LogP contribution in [0.5, 0.6) is 17.2 Å². The van der Waals surface area contributed by atoms with Gasteiger partial charge in [0.15, 0.2) is 18.1 Å². The van der Waals surface area contributed by atoms with Crippen LogP contribution in [-0.2, 0) is 4.79 Å². The van der Waals surface area contributed by atoms with E-state index in [1.165, 1.54) is 24.4 Å². The van der Waals surface area contributed by atoms with E-state index in [2.05, 4.69) is 26.5 Å². The number of nitrogens with one attached hydrogen (secondary N) is 1. The Morgan fingerprint density at radius 3 is 2.71 bits per heavy atom. The van der Waals surface area contributed by atoms with Crippen molar-refractivity contribution in [3.8, 4) is 17.2 Å². The van der Waals surface area contributed by atoms with E-state index in [-0.39, 0.29) is 18.1 Å². The maximum atomic E-state index is 11.7. The van der Waals surface area contributed by atoms with Crippen molar-refractivity contribution in [2.75, 3.05) is 6.61 Å². The molecule has 24 heavy (non-hydrogen) atoms. The van der Waals surface area contributed by atoms with Crippen molar-refractivity contribution >= 4 is 51.3 Å². The highest BCUT2D eigenvalue weighted by Crippen LogP contribution is 2.33. The molecule has 0 aliphatic heterocycles. The third kappa shape index (κ3) is 5.02. The van der Waals surface area contributed by atoms with E-state index in [0.717, 1.165) is 0 Å². The molecule has 2 aromatic carbocycles. The molecule has 0 heterocycles. The van der Waals surface area contributed by atoms with Gasteiger partial charge in [0.2, 0.25) is 0 Å². The second kappa shape index (κ2) is 8.23. The van der Waals surface area contributed by atoms with E-state index in [0.29, 0.717) is 25.8 Å². The molecule has 0 spiro atoms. The Labute approximate surface area is 155 Å². The van der Waals surface area contributed by atoms with E-state index < -0.39 is 5.91 Å². The van der Waals surface area contributed by atoms with Gasteiger partial charge in [0.05, 0.1) is 15.7 Å². The lowest BCUT2D eigenvalue weighted by Gasteiger charge is -2.07. The average molecular weight is 434 g/mol. The van der Waals surface area contributed by atoms with Crippen molar-refractivity contribution in [1.29, 1.82) is 0 Å². The van der Waals surface area contributed by atoms with Crippen LogP contribution in [0.25, 0.3) is 0 Å². The van der Waals surface area contributed by atoms with Crippen molar-refractivity contribution in [1.82, 2.24) is 5.43 Å². The van der Waals surface area contributed by atoms with Gasteiger partial charge < -0.3 is 14.9 Å². The van der Waals surface area contributed by atoms with Gasteiger partial charge in [-0.3, -0.25) is 4.79 Å². The van der Waals surface area contributed by atoms with Crippen LogP contribution in [0.1, 0.15) is 5.56 Å². The summed E-state index contributed by atoms with van der Waals surface area (Å²) in [6, 6.07) is 7.46. The number of phenolic OH excluding ortho intramolecular Hbond substituents is 2. The van der Waals surface area contributed by atoms with Crippen molar-refractivity contribution in [2.24, 2.45) is 5.10 Å². The fourth-order valence-electron chi connectivity index (χ4n) is 1.63. The summed E-state index contributed by atoms with van der Waals surface area (Å²) >= 11 is 14.8. The van der Waals surface area contributed by atoms with Gasteiger partial charge in [-0.2, -0.15) is 5.10 Å². The molecule has 0 aliphatic carbocycles. The number of hydrogen-bond donors (Lipinski definition) is 3. The Hall–Kier alpha value is -1.96. The number of ether oxygens (including phenoxy) is 1. The Kier molecular flexibility index (Phi) is 6.30. The first kappa shape index (κ1) is 18.4. The summed E-state index contributed by atoms with van der Waals surface area (Å²) in [5.74, 6) is -0.755. The zero-order valence-corrected chi connectivity index (χ0v) is 15.1. The number of aromatic hydroxyl groups is 2. The minimum Gasteiger partial charge on any atom is -0.504 e. The highest BCUT2D eigenvalue weighted by molar-refractivity contribution is 9.10. The number of benzene rings is 2. The van der Waals surface area contributed by atoms with Gasteiger partial charge in [0, 0.05) is 5.02 Å². The van der Waals surface area contributed by atoms with Gasteiger partial charge in [-0.1, -0.05) is 23.2 Å². The van der Waals surface area contributed by atoms with Gasteiger partial charge in [-0.05, 0) is 51.8 Å². The third-order valence-electron chi connectivity index (χ3n) is 2.72. The first-order chi connectivity index (χ1) is 11.4. The molecule has 0 aromatic heterocycles. The second-order valence-electron chi connectivity index (χ2n) is 4.53. The van der Waals surface area contributed by atoms with E-state index in [1.54, 1.807) is 12.1 Å². The third-order valence-corrected chi connectivity index (χ3v) is 3.86. The topological polar surface area (TPSA) is 91.2 Å². The number of nitrogens with zero attached hydrogens (tertiary/aromatic N) is 1. The number of carbonyl (C=O) groups excluding carboxylic acids is 1. The molecule has 1 amide bonds. The maximum Gasteiger partial charge on any atom is 0.277 e. The zero-order valence-electron chi connectivity index (χ0n) is 12.0. The standard InChI is InChI=1S/C15H11BrCl2N2O4/c16-10-3-8(4-12(21)15(10)23)6-19-20-14(22)7-24-13-2-1-9(17)5-11(13)18/h1-6,21,23H,7H2,(H,20,22). The minimum atomic E-state index is -0.501. The van der Waals surface area contributed by atoms with Gasteiger partial charge in [0.25, 0.3) is 5.91 Å². The number of carbonyl (C=O) groups is 1. The summed E-state index contributed by atoms with van der Waals surface area (Å²) in [5, 5.41) is 23.4. The smallest absolute Gasteiger partial charge is 0.277 e. The van der Waals surface area contributed by atoms with Gasteiger partial charge in [0.1, 0.15) is 5.75 Å². The van der Waals surface area contributed by atoms with Crippen LogP contribution in [-0.4, -0.2) is 28.9 Å². The molecule has 2 rings (SSSR count). The Morgan fingerprint density at radius 1 is 1.29 bits per heavy atom. The largest absolute Gasteiger partial charge is 0.504 e. The number of phenols is 2. The molecule has 0 radical (unpaired) electrons. The van der Waals surface area contributed by atoms with E-state index >= 15 is 0 Å². The molecule has 0 aliphatic rings. The summed E-state index contributed by atoms with van der Waals surface area (Å²) < 4.78 is 5.56. The lowest BCUT2D eigenvalue weighted by molar-refractivity contribution is -0.123. The Balaban J connectivity index is 1.89. The number of halogens is 3. The maximum absolute atomic E-state index is 11.7. The highest BCUT2D eigenvalue weighted by Gasteiger charge is 2.07. The lowest BCUT2D eigenvalue weighted by atomic mass is 10.2. The number of hydrazone groups is 1. The summed E-state index contributed by atoms with van der Waals surface area (Å²) in [4.78, 5) is 11.7.